The molecule has 1 atom stereocenters. The number of sulfonamides is 1. The molecule has 2 rings (SSSR count). The maximum absolute atomic E-state index is 12.6. The number of likely N-dealkylation sites (N-methyl/N-ethyl adjacent to an activating group) is 1. The van der Waals surface area contributed by atoms with E-state index in [0.29, 0.717) is 0 Å². The summed E-state index contributed by atoms with van der Waals surface area (Å²) in [6, 6.07) is 4.56. The minimum Gasteiger partial charge on any atom is -0.341 e. The molecule has 1 aromatic carbocycles. The molecule has 6 heteroatoms. The predicted octanol–water partition coefficient (Wildman–Crippen LogP) is 2.63. The van der Waals surface area contributed by atoms with Crippen molar-refractivity contribution in [1.82, 2.24) is 9.62 Å². The zero-order valence-corrected chi connectivity index (χ0v) is 15.8. The number of carbonyl (C=O) groups is 1. The first-order valence-corrected chi connectivity index (χ1v) is 10.1. The average molecular weight is 353 g/mol. The normalized spacial score (nSPS) is 17.0. The minimum absolute atomic E-state index is 0.174. The van der Waals surface area contributed by atoms with Gasteiger partial charge in [-0.2, -0.15) is 4.72 Å². The van der Waals surface area contributed by atoms with Crippen LogP contribution in [0.2, 0.25) is 0 Å². The molecule has 1 aliphatic carbocycles. The van der Waals surface area contributed by atoms with Gasteiger partial charge in [0.15, 0.2) is 0 Å². The lowest BCUT2D eigenvalue weighted by Gasteiger charge is -2.27. The minimum atomic E-state index is -3.71. The van der Waals surface area contributed by atoms with Gasteiger partial charge < -0.3 is 4.90 Å². The number of hydrogen-bond acceptors (Lipinski definition) is 3. The van der Waals surface area contributed by atoms with Crippen LogP contribution in [0.15, 0.2) is 23.1 Å². The third-order valence-electron chi connectivity index (χ3n) is 4.93. The Morgan fingerprint density at radius 1 is 1.33 bits per heavy atom. The zero-order chi connectivity index (χ0) is 17.9. The highest BCUT2D eigenvalue weighted by Crippen LogP contribution is 2.23. The van der Waals surface area contributed by atoms with Crippen molar-refractivity contribution in [2.24, 2.45) is 0 Å². The fourth-order valence-electron chi connectivity index (χ4n) is 3.36. The Kier molecular flexibility index (Phi) is 6.04. The van der Waals surface area contributed by atoms with Gasteiger partial charge in [0.2, 0.25) is 15.9 Å². The number of amides is 1. The number of nitrogens with one attached hydrogen (secondary N) is 1. The van der Waals surface area contributed by atoms with Crippen LogP contribution in [0.3, 0.4) is 0 Å². The Balaban J connectivity index is 2.10. The Bertz CT molecular complexity index is 694. The molecule has 0 spiro atoms. The maximum Gasteiger partial charge on any atom is 0.241 e. The summed E-state index contributed by atoms with van der Waals surface area (Å²) in [4.78, 5) is 14.4. The molecule has 24 heavy (non-hydrogen) atoms. The van der Waals surface area contributed by atoms with Crippen LogP contribution in [-0.2, 0) is 21.2 Å². The van der Waals surface area contributed by atoms with Crippen molar-refractivity contribution in [3.63, 3.8) is 0 Å². The van der Waals surface area contributed by atoms with Crippen molar-refractivity contribution in [3.8, 4) is 0 Å². The first-order chi connectivity index (χ1) is 11.3. The van der Waals surface area contributed by atoms with Crippen molar-refractivity contribution in [1.29, 1.82) is 0 Å². The monoisotopic (exact) mass is 352 g/mol. The van der Waals surface area contributed by atoms with Gasteiger partial charge in [-0.05, 0) is 56.4 Å². The van der Waals surface area contributed by atoms with Crippen LogP contribution < -0.4 is 4.72 Å². The van der Waals surface area contributed by atoms with Gasteiger partial charge >= 0.3 is 0 Å². The smallest absolute Gasteiger partial charge is 0.241 e. The standard InChI is InChI=1S/C18H28N2O3S/c1-5-15-10-11-17(12-13(15)2)24(22,23)19-14(3)18(21)20(4)16-8-6-7-9-16/h10-12,14,16,19H,5-9H2,1-4H3. The van der Waals surface area contributed by atoms with E-state index in [-0.39, 0.29) is 16.8 Å². The molecule has 1 amide bonds. The van der Waals surface area contributed by atoms with Crippen LogP contribution >= 0.6 is 0 Å². The van der Waals surface area contributed by atoms with Gasteiger partial charge in [0.25, 0.3) is 0 Å². The summed E-state index contributed by atoms with van der Waals surface area (Å²) in [6.45, 7) is 5.55. The maximum atomic E-state index is 12.6. The first kappa shape index (κ1) is 18.9. The second-order valence-electron chi connectivity index (χ2n) is 6.67. The Morgan fingerprint density at radius 3 is 2.50 bits per heavy atom. The molecular formula is C18H28N2O3S. The predicted molar refractivity (Wildman–Crippen MR) is 95.4 cm³/mol. The van der Waals surface area contributed by atoms with Crippen LogP contribution in [0.25, 0.3) is 0 Å². The van der Waals surface area contributed by atoms with Gasteiger partial charge in [-0.15, -0.1) is 0 Å². The Morgan fingerprint density at radius 2 is 1.96 bits per heavy atom. The van der Waals surface area contributed by atoms with E-state index in [1.807, 2.05) is 19.9 Å². The third kappa shape index (κ3) is 4.16. The molecule has 1 aromatic rings. The third-order valence-corrected chi connectivity index (χ3v) is 6.47. The highest BCUT2D eigenvalue weighted by Gasteiger charge is 2.29. The van der Waals surface area contributed by atoms with Crippen LogP contribution in [0.5, 0.6) is 0 Å². The van der Waals surface area contributed by atoms with Gasteiger partial charge in [-0.3, -0.25) is 4.79 Å². The van der Waals surface area contributed by atoms with E-state index in [0.717, 1.165) is 43.2 Å². The van der Waals surface area contributed by atoms with E-state index in [2.05, 4.69) is 4.72 Å². The lowest BCUT2D eigenvalue weighted by Crippen LogP contribution is -2.48. The van der Waals surface area contributed by atoms with Gasteiger partial charge in [-0.25, -0.2) is 8.42 Å². The summed E-state index contributed by atoms with van der Waals surface area (Å²) in [5.41, 5.74) is 2.07. The molecule has 0 radical (unpaired) electrons. The van der Waals surface area contributed by atoms with Gasteiger partial charge in [-0.1, -0.05) is 25.8 Å². The van der Waals surface area contributed by atoms with Crippen LogP contribution in [0.1, 0.15) is 50.7 Å². The van der Waals surface area contributed by atoms with Crippen LogP contribution in [0, 0.1) is 6.92 Å². The van der Waals surface area contributed by atoms with Crippen LogP contribution in [0.4, 0.5) is 0 Å². The van der Waals surface area contributed by atoms with Gasteiger partial charge in [0.05, 0.1) is 10.9 Å². The molecule has 0 aliphatic heterocycles. The highest BCUT2D eigenvalue weighted by molar-refractivity contribution is 7.89. The summed E-state index contributed by atoms with van der Waals surface area (Å²) in [6.07, 6.45) is 5.12. The zero-order valence-electron chi connectivity index (χ0n) is 15.0. The molecular weight excluding hydrogens is 324 g/mol. The Labute approximate surface area is 145 Å². The lowest BCUT2D eigenvalue weighted by atomic mass is 10.1. The molecule has 0 heterocycles. The van der Waals surface area contributed by atoms with E-state index in [4.69, 9.17) is 0 Å². The number of aryl methyl sites for hydroxylation is 2. The summed E-state index contributed by atoms with van der Waals surface area (Å²) < 4.78 is 27.6. The molecule has 1 N–H and O–H groups in total. The quantitative estimate of drug-likeness (QED) is 0.856. The van der Waals surface area contributed by atoms with Gasteiger partial charge in [0, 0.05) is 13.1 Å². The van der Waals surface area contributed by atoms with Crippen molar-refractivity contribution < 1.29 is 13.2 Å². The van der Waals surface area contributed by atoms with Crippen molar-refractivity contribution in [3.05, 3.63) is 29.3 Å². The Hall–Kier alpha value is -1.40. The van der Waals surface area contributed by atoms with Crippen molar-refractivity contribution in [2.75, 3.05) is 7.05 Å². The second kappa shape index (κ2) is 7.66. The molecule has 0 bridgehead atoms. The highest BCUT2D eigenvalue weighted by atomic mass is 32.2. The summed E-state index contributed by atoms with van der Waals surface area (Å²) in [5.74, 6) is -0.174. The number of nitrogens with zero attached hydrogens (tertiary/aromatic N) is 1. The summed E-state index contributed by atoms with van der Waals surface area (Å²) in [5, 5.41) is 0. The van der Waals surface area contributed by atoms with E-state index >= 15 is 0 Å². The molecule has 1 fully saturated rings. The largest absolute Gasteiger partial charge is 0.341 e. The number of rotatable bonds is 6. The fraction of sp³-hybridized carbons (Fsp3) is 0.611. The molecule has 0 saturated heterocycles. The second-order valence-corrected chi connectivity index (χ2v) is 8.39. The number of hydrogen-bond donors (Lipinski definition) is 1. The number of benzene rings is 1. The molecule has 5 nitrogen and oxygen atoms in total. The van der Waals surface area contributed by atoms with Gasteiger partial charge in [0.1, 0.15) is 0 Å². The number of carbonyl (C=O) groups excluding carboxylic acids is 1. The molecule has 1 unspecified atom stereocenters. The van der Waals surface area contributed by atoms with E-state index in [1.165, 1.54) is 0 Å². The molecule has 1 aliphatic rings. The fourth-order valence-corrected chi connectivity index (χ4v) is 4.64. The van der Waals surface area contributed by atoms with E-state index in [1.54, 1.807) is 31.0 Å². The van der Waals surface area contributed by atoms with E-state index < -0.39 is 16.1 Å². The topological polar surface area (TPSA) is 66.5 Å². The lowest BCUT2D eigenvalue weighted by molar-refractivity contribution is -0.133. The summed E-state index contributed by atoms with van der Waals surface area (Å²) in [7, 11) is -1.94. The van der Waals surface area contributed by atoms with Crippen molar-refractivity contribution in [2.45, 2.75) is 69.9 Å². The molecule has 1 saturated carbocycles. The SMILES string of the molecule is CCc1ccc(S(=O)(=O)NC(C)C(=O)N(C)C2CCCC2)cc1C. The first-order valence-electron chi connectivity index (χ1n) is 8.64. The molecule has 134 valence electrons. The van der Waals surface area contributed by atoms with Crippen molar-refractivity contribution >= 4 is 15.9 Å². The molecule has 0 aromatic heterocycles. The van der Waals surface area contributed by atoms with E-state index in [9.17, 15) is 13.2 Å². The summed E-state index contributed by atoms with van der Waals surface area (Å²) >= 11 is 0. The van der Waals surface area contributed by atoms with Crippen LogP contribution in [-0.4, -0.2) is 38.4 Å². The average Bonchev–Trinajstić information content (AvgIpc) is 3.07.